The van der Waals surface area contributed by atoms with Gasteiger partial charge in [0.05, 0.1) is 17.0 Å². The van der Waals surface area contributed by atoms with E-state index in [2.05, 4.69) is 12.2 Å². The van der Waals surface area contributed by atoms with E-state index in [1.807, 2.05) is 11.8 Å². The van der Waals surface area contributed by atoms with Crippen molar-refractivity contribution in [2.75, 3.05) is 24.6 Å². The highest BCUT2D eigenvalue weighted by Gasteiger charge is 2.42. The molecule has 2 aliphatic heterocycles. The van der Waals surface area contributed by atoms with Crippen LogP contribution in [0.3, 0.4) is 0 Å². The second-order valence-electron chi connectivity index (χ2n) is 6.62. The largest absolute Gasteiger partial charge is 0.337 e. The van der Waals surface area contributed by atoms with Gasteiger partial charge >= 0.3 is 0 Å². The first-order valence-corrected chi connectivity index (χ1v) is 9.96. The molecular formula is C15H28N2O3S. The number of rotatable bonds is 5. The number of hydrogen-bond donors (Lipinski definition) is 1. The minimum absolute atomic E-state index is 0.0951. The first kappa shape index (κ1) is 16.7. The molecule has 1 N–H and O–H groups in total. The summed E-state index contributed by atoms with van der Waals surface area (Å²) in [6.45, 7) is 5.60. The average molecular weight is 316 g/mol. The maximum atomic E-state index is 13.0. The van der Waals surface area contributed by atoms with Gasteiger partial charge in [-0.15, -0.1) is 0 Å². The maximum Gasteiger partial charge on any atom is 0.242 e. The van der Waals surface area contributed by atoms with Gasteiger partial charge in [-0.25, -0.2) is 8.42 Å². The number of sulfone groups is 1. The summed E-state index contributed by atoms with van der Waals surface area (Å²) in [5.41, 5.74) is -0.516. The monoisotopic (exact) mass is 316 g/mol. The lowest BCUT2D eigenvalue weighted by molar-refractivity contribution is -0.140. The summed E-state index contributed by atoms with van der Waals surface area (Å²) in [6, 6.07) is -0.130. The fraction of sp³-hybridized carbons (Fsp3) is 0.933. The van der Waals surface area contributed by atoms with Gasteiger partial charge in [0, 0.05) is 12.6 Å². The van der Waals surface area contributed by atoms with Gasteiger partial charge in [-0.2, -0.15) is 0 Å². The highest BCUT2D eigenvalue weighted by Crippen LogP contribution is 2.26. The molecule has 0 spiro atoms. The van der Waals surface area contributed by atoms with Crippen molar-refractivity contribution in [3.8, 4) is 0 Å². The van der Waals surface area contributed by atoms with Gasteiger partial charge < -0.3 is 10.2 Å². The highest BCUT2D eigenvalue weighted by molar-refractivity contribution is 7.91. The Morgan fingerprint density at radius 3 is 2.67 bits per heavy atom. The molecule has 2 saturated heterocycles. The Bertz CT molecular complexity index is 469. The van der Waals surface area contributed by atoms with Crippen LogP contribution in [0.1, 0.15) is 52.4 Å². The lowest BCUT2D eigenvalue weighted by Gasteiger charge is -2.40. The summed E-state index contributed by atoms with van der Waals surface area (Å²) in [5.74, 6) is 0.453. The molecule has 0 aliphatic carbocycles. The van der Waals surface area contributed by atoms with Crippen LogP contribution in [-0.4, -0.2) is 55.4 Å². The number of carbonyl (C=O) groups is 1. The molecule has 0 saturated carbocycles. The van der Waals surface area contributed by atoms with E-state index < -0.39 is 15.4 Å². The third-order valence-electron chi connectivity index (χ3n) is 4.75. The van der Waals surface area contributed by atoms with Crippen molar-refractivity contribution in [2.24, 2.45) is 0 Å². The minimum atomic E-state index is -2.96. The summed E-state index contributed by atoms with van der Waals surface area (Å²) in [4.78, 5) is 14.8. The number of carbonyl (C=O) groups excluding carboxylic acids is 1. The molecule has 2 fully saturated rings. The zero-order chi connectivity index (χ0) is 15.5. The van der Waals surface area contributed by atoms with Gasteiger partial charge in [-0.1, -0.05) is 13.3 Å². The van der Waals surface area contributed by atoms with Crippen LogP contribution in [0.2, 0.25) is 0 Å². The van der Waals surface area contributed by atoms with Crippen LogP contribution in [0.4, 0.5) is 0 Å². The molecule has 2 atom stereocenters. The number of nitrogens with zero attached hydrogens (tertiary/aromatic N) is 1. The summed E-state index contributed by atoms with van der Waals surface area (Å²) in [6.07, 6.45) is 5.53. The predicted molar refractivity (Wildman–Crippen MR) is 83.9 cm³/mol. The van der Waals surface area contributed by atoms with E-state index in [-0.39, 0.29) is 23.5 Å². The summed E-state index contributed by atoms with van der Waals surface area (Å²) < 4.78 is 23.5. The fourth-order valence-electron chi connectivity index (χ4n) is 3.36. The molecular weight excluding hydrogens is 288 g/mol. The standard InChI is InChI=1S/C15H28N2O3S/c1-3-4-10-17(13-7-11-21(19,20)12-13)14(18)15(2)8-5-6-9-16-15/h13,16H,3-12H2,1-2H3. The smallest absolute Gasteiger partial charge is 0.242 e. The van der Waals surface area contributed by atoms with Crippen LogP contribution in [0.5, 0.6) is 0 Å². The summed E-state index contributed by atoms with van der Waals surface area (Å²) in [7, 11) is -2.96. The van der Waals surface area contributed by atoms with Gasteiger partial charge in [0.15, 0.2) is 9.84 Å². The molecule has 2 rings (SSSR count). The van der Waals surface area contributed by atoms with Gasteiger partial charge in [0.1, 0.15) is 0 Å². The van der Waals surface area contributed by atoms with Crippen molar-refractivity contribution in [3.05, 3.63) is 0 Å². The van der Waals surface area contributed by atoms with Crippen LogP contribution < -0.4 is 5.32 Å². The van der Waals surface area contributed by atoms with E-state index in [1.54, 1.807) is 0 Å². The highest BCUT2D eigenvalue weighted by atomic mass is 32.2. The Labute approximate surface area is 128 Å². The number of piperidine rings is 1. The zero-order valence-electron chi connectivity index (χ0n) is 13.2. The van der Waals surface area contributed by atoms with Crippen molar-refractivity contribution in [1.82, 2.24) is 10.2 Å². The normalized spacial score (nSPS) is 32.0. The molecule has 1 amide bonds. The molecule has 122 valence electrons. The molecule has 0 aromatic rings. The van der Waals surface area contributed by atoms with E-state index in [4.69, 9.17) is 0 Å². The van der Waals surface area contributed by atoms with Crippen molar-refractivity contribution in [2.45, 2.75) is 64.0 Å². The Kier molecular flexibility index (Phi) is 5.30. The van der Waals surface area contributed by atoms with Crippen LogP contribution in [0.25, 0.3) is 0 Å². The topological polar surface area (TPSA) is 66.5 Å². The Hall–Kier alpha value is -0.620. The molecule has 2 heterocycles. The molecule has 0 bridgehead atoms. The number of hydrogen-bond acceptors (Lipinski definition) is 4. The molecule has 0 aromatic heterocycles. The molecule has 2 unspecified atom stereocenters. The predicted octanol–water partition coefficient (Wildman–Crippen LogP) is 1.33. The maximum absolute atomic E-state index is 13.0. The minimum Gasteiger partial charge on any atom is -0.337 e. The summed E-state index contributed by atoms with van der Waals surface area (Å²) >= 11 is 0. The third-order valence-corrected chi connectivity index (χ3v) is 6.50. The average Bonchev–Trinajstić information content (AvgIpc) is 2.80. The lowest BCUT2D eigenvalue weighted by atomic mass is 9.89. The second-order valence-corrected chi connectivity index (χ2v) is 8.85. The second kappa shape index (κ2) is 6.65. The number of amides is 1. The van der Waals surface area contributed by atoms with Crippen LogP contribution in [0, 0.1) is 0 Å². The first-order chi connectivity index (χ1) is 9.88. The Morgan fingerprint density at radius 1 is 1.38 bits per heavy atom. The van der Waals surface area contributed by atoms with E-state index in [0.717, 1.165) is 38.6 Å². The third kappa shape index (κ3) is 3.97. The molecule has 21 heavy (non-hydrogen) atoms. The number of nitrogens with one attached hydrogen (secondary N) is 1. The SMILES string of the molecule is CCCCN(C(=O)C1(C)CCCCN1)C1CCS(=O)(=O)C1. The van der Waals surface area contributed by atoms with Crippen LogP contribution >= 0.6 is 0 Å². The van der Waals surface area contributed by atoms with Crippen molar-refractivity contribution in [3.63, 3.8) is 0 Å². The van der Waals surface area contributed by atoms with Crippen molar-refractivity contribution >= 4 is 15.7 Å². The van der Waals surface area contributed by atoms with Gasteiger partial charge in [-0.3, -0.25) is 4.79 Å². The fourth-order valence-corrected chi connectivity index (χ4v) is 5.09. The molecule has 0 radical (unpaired) electrons. The van der Waals surface area contributed by atoms with Gasteiger partial charge in [0.2, 0.25) is 5.91 Å². The van der Waals surface area contributed by atoms with Crippen LogP contribution in [0.15, 0.2) is 0 Å². The molecule has 2 aliphatic rings. The number of unbranched alkanes of at least 4 members (excludes halogenated alkanes) is 1. The Balaban J connectivity index is 2.13. The molecule has 5 nitrogen and oxygen atoms in total. The quantitative estimate of drug-likeness (QED) is 0.831. The molecule has 6 heteroatoms. The van der Waals surface area contributed by atoms with Crippen LogP contribution in [-0.2, 0) is 14.6 Å². The van der Waals surface area contributed by atoms with E-state index >= 15 is 0 Å². The van der Waals surface area contributed by atoms with Gasteiger partial charge in [0.25, 0.3) is 0 Å². The summed E-state index contributed by atoms with van der Waals surface area (Å²) in [5, 5.41) is 3.36. The van der Waals surface area contributed by atoms with E-state index in [1.165, 1.54) is 0 Å². The lowest BCUT2D eigenvalue weighted by Crippen LogP contribution is -2.60. The van der Waals surface area contributed by atoms with E-state index in [9.17, 15) is 13.2 Å². The molecule has 0 aromatic carbocycles. The Morgan fingerprint density at radius 2 is 2.14 bits per heavy atom. The first-order valence-electron chi connectivity index (χ1n) is 8.14. The van der Waals surface area contributed by atoms with E-state index in [0.29, 0.717) is 13.0 Å². The van der Waals surface area contributed by atoms with Crippen molar-refractivity contribution in [1.29, 1.82) is 0 Å². The van der Waals surface area contributed by atoms with Crippen molar-refractivity contribution < 1.29 is 13.2 Å². The van der Waals surface area contributed by atoms with Gasteiger partial charge in [-0.05, 0) is 45.6 Å². The zero-order valence-corrected chi connectivity index (χ0v) is 14.0.